The molecule has 0 spiro atoms. The van der Waals surface area contributed by atoms with Crippen molar-refractivity contribution in [3.05, 3.63) is 35.1 Å². The number of likely N-dealkylation sites (tertiary alicyclic amines) is 1. The molecule has 0 aromatic heterocycles. The van der Waals surface area contributed by atoms with Gasteiger partial charge in [-0.1, -0.05) is 6.07 Å². The van der Waals surface area contributed by atoms with Gasteiger partial charge in [-0.05, 0) is 43.9 Å². The molecular formula is C18H22F4N2O. The summed E-state index contributed by atoms with van der Waals surface area (Å²) < 4.78 is 51.9. The summed E-state index contributed by atoms with van der Waals surface area (Å²) in [4.78, 5) is 15.6. The Balaban J connectivity index is 1.65. The van der Waals surface area contributed by atoms with Gasteiger partial charge in [0.2, 0.25) is 5.91 Å². The molecule has 0 bridgehead atoms. The zero-order valence-corrected chi connectivity index (χ0v) is 14.3. The van der Waals surface area contributed by atoms with E-state index >= 15 is 0 Å². The first kappa shape index (κ1) is 18.2. The number of benzene rings is 1. The van der Waals surface area contributed by atoms with Gasteiger partial charge in [-0.25, -0.2) is 4.39 Å². The van der Waals surface area contributed by atoms with E-state index in [9.17, 15) is 22.4 Å². The van der Waals surface area contributed by atoms with Gasteiger partial charge < -0.3 is 4.90 Å². The van der Waals surface area contributed by atoms with Gasteiger partial charge in [-0.15, -0.1) is 0 Å². The number of amides is 1. The monoisotopic (exact) mass is 358 g/mol. The zero-order chi connectivity index (χ0) is 18.4. The van der Waals surface area contributed by atoms with Crippen LogP contribution in [0.25, 0.3) is 0 Å². The van der Waals surface area contributed by atoms with Crippen LogP contribution in [0, 0.1) is 17.7 Å². The SMILES string of the molecule is CN1C[C@@H]2C[C@H](N(C)Cc3ccc(C(F)(F)F)cc3F)C[C@@H]2CC1=O. The Bertz CT molecular complexity index is 661. The third-order valence-corrected chi connectivity index (χ3v) is 5.61. The molecule has 1 aliphatic carbocycles. The highest BCUT2D eigenvalue weighted by Gasteiger charge is 2.41. The molecule has 1 amide bonds. The van der Waals surface area contributed by atoms with Crippen molar-refractivity contribution in [3.8, 4) is 0 Å². The zero-order valence-electron chi connectivity index (χ0n) is 14.3. The highest BCUT2D eigenvalue weighted by atomic mass is 19.4. The minimum Gasteiger partial charge on any atom is -0.345 e. The van der Waals surface area contributed by atoms with Crippen LogP contribution in [0.4, 0.5) is 17.6 Å². The molecule has 1 aromatic carbocycles. The molecule has 1 aliphatic heterocycles. The van der Waals surface area contributed by atoms with Crippen LogP contribution in [0.5, 0.6) is 0 Å². The number of halogens is 4. The average Bonchev–Trinajstić information content (AvgIpc) is 2.91. The molecule has 2 aliphatic rings. The van der Waals surface area contributed by atoms with Crippen LogP contribution in [0.2, 0.25) is 0 Å². The Morgan fingerprint density at radius 3 is 2.56 bits per heavy atom. The van der Waals surface area contributed by atoms with E-state index in [1.807, 2.05) is 19.0 Å². The van der Waals surface area contributed by atoms with E-state index in [-0.39, 0.29) is 24.1 Å². The van der Waals surface area contributed by atoms with Crippen LogP contribution in [0.3, 0.4) is 0 Å². The van der Waals surface area contributed by atoms with Crippen LogP contribution >= 0.6 is 0 Å². The summed E-state index contributed by atoms with van der Waals surface area (Å²) >= 11 is 0. The van der Waals surface area contributed by atoms with Crippen molar-refractivity contribution in [2.24, 2.45) is 11.8 Å². The molecule has 0 N–H and O–H groups in total. The molecule has 1 heterocycles. The fraction of sp³-hybridized carbons (Fsp3) is 0.611. The number of alkyl halides is 3. The first-order valence-corrected chi connectivity index (χ1v) is 8.45. The first-order chi connectivity index (χ1) is 11.6. The van der Waals surface area contributed by atoms with Gasteiger partial charge in [0.15, 0.2) is 0 Å². The molecular weight excluding hydrogens is 336 g/mol. The van der Waals surface area contributed by atoms with Crippen molar-refractivity contribution >= 4 is 5.91 Å². The van der Waals surface area contributed by atoms with E-state index in [1.54, 1.807) is 4.90 Å². The second kappa shape index (κ2) is 6.59. The fourth-order valence-electron chi connectivity index (χ4n) is 4.10. The molecule has 1 saturated heterocycles. The number of hydrogen-bond acceptors (Lipinski definition) is 2. The normalized spacial score (nSPS) is 27.1. The summed E-state index contributed by atoms with van der Waals surface area (Å²) in [6, 6.07) is 2.92. The lowest BCUT2D eigenvalue weighted by Gasteiger charge is -2.31. The number of carbonyl (C=O) groups is 1. The molecule has 0 unspecified atom stereocenters. The maximum atomic E-state index is 14.0. The summed E-state index contributed by atoms with van der Waals surface area (Å²) in [6.45, 7) is 1.01. The Morgan fingerprint density at radius 1 is 1.24 bits per heavy atom. The molecule has 1 aromatic rings. The van der Waals surface area contributed by atoms with E-state index < -0.39 is 17.6 Å². The standard InChI is InChI=1S/C18H22F4N2O/c1-23(9-11-3-4-14(8-16(11)19)18(20,21)22)15-5-12-7-17(25)24(2)10-13(12)6-15/h3-4,8,12-13,15H,5-7,9-10H2,1-2H3/t12-,13+,15-/m1/s1. The lowest BCUT2D eigenvalue weighted by Crippen LogP contribution is -2.39. The largest absolute Gasteiger partial charge is 0.416 e. The minimum absolute atomic E-state index is 0.165. The second-order valence-electron chi connectivity index (χ2n) is 7.34. The molecule has 2 fully saturated rings. The topological polar surface area (TPSA) is 23.6 Å². The number of carbonyl (C=O) groups excluding carboxylic acids is 1. The third kappa shape index (κ3) is 3.81. The first-order valence-electron chi connectivity index (χ1n) is 8.45. The summed E-state index contributed by atoms with van der Waals surface area (Å²) in [7, 11) is 3.68. The minimum atomic E-state index is -4.54. The summed E-state index contributed by atoms with van der Waals surface area (Å²) in [6.07, 6.45) is -2.17. The number of rotatable bonds is 3. The predicted octanol–water partition coefficient (Wildman–Crippen LogP) is 3.53. The smallest absolute Gasteiger partial charge is 0.345 e. The average molecular weight is 358 g/mol. The molecule has 3 atom stereocenters. The number of fused-ring (bicyclic) bond motifs is 1. The van der Waals surface area contributed by atoms with Crippen LogP contribution in [-0.4, -0.2) is 42.4 Å². The van der Waals surface area contributed by atoms with E-state index in [2.05, 4.69) is 0 Å². The predicted molar refractivity (Wildman–Crippen MR) is 85.1 cm³/mol. The van der Waals surface area contributed by atoms with Crippen molar-refractivity contribution in [2.75, 3.05) is 20.6 Å². The lowest BCUT2D eigenvalue weighted by molar-refractivity contribution is -0.138. The van der Waals surface area contributed by atoms with Crippen LogP contribution in [0.1, 0.15) is 30.4 Å². The van der Waals surface area contributed by atoms with Crippen LogP contribution in [-0.2, 0) is 17.5 Å². The summed E-state index contributed by atoms with van der Waals surface area (Å²) in [5.74, 6) is 0.145. The van der Waals surface area contributed by atoms with Crippen LogP contribution < -0.4 is 0 Å². The Labute approximate surface area is 144 Å². The molecule has 3 nitrogen and oxygen atoms in total. The molecule has 1 saturated carbocycles. The molecule has 0 radical (unpaired) electrons. The van der Waals surface area contributed by atoms with Gasteiger partial charge in [0.25, 0.3) is 0 Å². The maximum Gasteiger partial charge on any atom is 0.416 e. The second-order valence-corrected chi connectivity index (χ2v) is 7.34. The number of piperidine rings is 1. The van der Waals surface area contributed by atoms with E-state index in [4.69, 9.17) is 0 Å². The molecule has 3 rings (SSSR count). The summed E-state index contributed by atoms with van der Waals surface area (Å²) in [5, 5.41) is 0. The van der Waals surface area contributed by atoms with Crippen molar-refractivity contribution in [3.63, 3.8) is 0 Å². The van der Waals surface area contributed by atoms with Crippen molar-refractivity contribution in [1.29, 1.82) is 0 Å². The third-order valence-electron chi connectivity index (χ3n) is 5.61. The molecule has 7 heteroatoms. The van der Waals surface area contributed by atoms with Gasteiger partial charge in [0.05, 0.1) is 5.56 Å². The van der Waals surface area contributed by atoms with E-state index in [0.29, 0.717) is 24.3 Å². The van der Waals surface area contributed by atoms with E-state index in [1.165, 1.54) is 6.07 Å². The molecule has 138 valence electrons. The van der Waals surface area contributed by atoms with Gasteiger partial charge in [0, 0.05) is 38.2 Å². The van der Waals surface area contributed by atoms with Gasteiger partial charge >= 0.3 is 6.18 Å². The van der Waals surface area contributed by atoms with Gasteiger partial charge in [0.1, 0.15) is 5.82 Å². The summed E-state index contributed by atoms with van der Waals surface area (Å²) in [5.41, 5.74) is -0.705. The Morgan fingerprint density at radius 2 is 1.92 bits per heavy atom. The molecule has 25 heavy (non-hydrogen) atoms. The Hall–Kier alpha value is -1.63. The van der Waals surface area contributed by atoms with Crippen molar-refractivity contribution < 1.29 is 22.4 Å². The number of nitrogens with zero attached hydrogens (tertiary/aromatic N) is 2. The highest BCUT2D eigenvalue weighted by molar-refractivity contribution is 5.77. The fourth-order valence-corrected chi connectivity index (χ4v) is 4.10. The Kier molecular flexibility index (Phi) is 4.79. The van der Waals surface area contributed by atoms with Crippen molar-refractivity contribution in [2.45, 2.75) is 38.0 Å². The quantitative estimate of drug-likeness (QED) is 0.772. The maximum absolute atomic E-state index is 14.0. The highest BCUT2D eigenvalue weighted by Crippen LogP contribution is 2.40. The van der Waals surface area contributed by atoms with E-state index in [0.717, 1.165) is 25.5 Å². The number of hydrogen-bond donors (Lipinski definition) is 0. The lowest BCUT2D eigenvalue weighted by atomic mass is 9.88. The van der Waals surface area contributed by atoms with Crippen molar-refractivity contribution in [1.82, 2.24) is 9.80 Å². The van der Waals surface area contributed by atoms with Gasteiger partial charge in [-0.2, -0.15) is 13.2 Å². The van der Waals surface area contributed by atoms with Gasteiger partial charge in [-0.3, -0.25) is 9.69 Å². The van der Waals surface area contributed by atoms with Crippen LogP contribution in [0.15, 0.2) is 18.2 Å².